The van der Waals surface area contributed by atoms with Crippen molar-refractivity contribution in [2.75, 3.05) is 40.2 Å². The highest BCUT2D eigenvalue weighted by atomic mass is 16.7. The number of benzene rings is 2. The summed E-state index contributed by atoms with van der Waals surface area (Å²) in [7, 11) is 1.62. The Morgan fingerprint density at radius 2 is 1.84 bits per heavy atom. The molecule has 0 bridgehead atoms. The van der Waals surface area contributed by atoms with Crippen LogP contribution in [0.25, 0.3) is 0 Å². The number of methoxy groups -OCH3 is 1. The molecule has 0 aliphatic carbocycles. The van der Waals surface area contributed by atoms with Crippen LogP contribution in [0.15, 0.2) is 42.5 Å². The van der Waals surface area contributed by atoms with E-state index in [0.717, 1.165) is 16.9 Å². The highest BCUT2D eigenvalue weighted by Crippen LogP contribution is 2.47. The molecule has 172 valence electrons. The highest BCUT2D eigenvalue weighted by molar-refractivity contribution is 5.74. The van der Waals surface area contributed by atoms with Crippen LogP contribution in [0.5, 0.6) is 17.2 Å². The van der Waals surface area contributed by atoms with Gasteiger partial charge in [-0.3, -0.25) is 9.69 Å². The van der Waals surface area contributed by atoms with Crippen LogP contribution in [0.3, 0.4) is 0 Å². The Labute approximate surface area is 188 Å². The SMILES string of the molecule is COc1ccc([C@@H]2[C@@H](C(=O)O)[C@@H](c3ccc4c(c3)OCO4)CN2CCOCC(C)C)cc1. The van der Waals surface area contributed by atoms with Gasteiger partial charge in [0.15, 0.2) is 11.5 Å². The quantitative estimate of drug-likeness (QED) is 0.591. The van der Waals surface area contributed by atoms with E-state index in [-0.39, 0.29) is 18.8 Å². The van der Waals surface area contributed by atoms with Crippen LogP contribution >= 0.6 is 0 Å². The third-order valence-electron chi connectivity index (χ3n) is 6.14. The van der Waals surface area contributed by atoms with Gasteiger partial charge in [0.1, 0.15) is 5.75 Å². The van der Waals surface area contributed by atoms with Crippen LogP contribution in [0.1, 0.15) is 36.9 Å². The summed E-state index contributed by atoms with van der Waals surface area (Å²) in [6.45, 7) is 6.96. The molecule has 2 aliphatic rings. The third kappa shape index (κ3) is 4.69. The van der Waals surface area contributed by atoms with E-state index in [0.29, 0.717) is 43.7 Å². The first kappa shape index (κ1) is 22.4. The van der Waals surface area contributed by atoms with Crippen LogP contribution in [-0.4, -0.2) is 56.2 Å². The van der Waals surface area contributed by atoms with Crippen LogP contribution in [0, 0.1) is 11.8 Å². The van der Waals surface area contributed by atoms with E-state index in [2.05, 4.69) is 18.7 Å². The number of hydrogen-bond donors (Lipinski definition) is 1. The molecule has 4 rings (SSSR count). The molecule has 0 radical (unpaired) electrons. The summed E-state index contributed by atoms with van der Waals surface area (Å²) in [5.41, 5.74) is 1.91. The van der Waals surface area contributed by atoms with Crippen molar-refractivity contribution in [3.63, 3.8) is 0 Å². The molecule has 1 saturated heterocycles. The smallest absolute Gasteiger partial charge is 0.309 e. The van der Waals surface area contributed by atoms with E-state index in [1.54, 1.807) is 7.11 Å². The molecule has 0 unspecified atom stereocenters. The first-order valence-corrected chi connectivity index (χ1v) is 11.1. The minimum absolute atomic E-state index is 0.181. The van der Waals surface area contributed by atoms with Crippen molar-refractivity contribution in [2.24, 2.45) is 11.8 Å². The molecule has 1 N–H and O–H groups in total. The minimum atomic E-state index is -0.806. The molecule has 2 aliphatic heterocycles. The Balaban J connectivity index is 1.64. The lowest BCUT2D eigenvalue weighted by molar-refractivity contribution is -0.143. The average Bonchev–Trinajstić information content (AvgIpc) is 3.40. The van der Waals surface area contributed by atoms with Gasteiger partial charge in [0.2, 0.25) is 6.79 Å². The Bertz CT molecular complexity index is 929. The predicted octanol–water partition coefficient (Wildman–Crippen LogP) is 3.94. The Morgan fingerprint density at radius 1 is 1.12 bits per heavy atom. The largest absolute Gasteiger partial charge is 0.497 e. The van der Waals surface area contributed by atoms with Gasteiger partial charge in [-0.15, -0.1) is 0 Å². The number of carboxylic acid groups (broad SMARTS) is 1. The van der Waals surface area contributed by atoms with Crippen molar-refractivity contribution in [1.82, 2.24) is 4.90 Å². The average molecular weight is 442 g/mol. The fourth-order valence-corrected chi connectivity index (χ4v) is 4.64. The maximum atomic E-state index is 12.6. The number of rotatable bonds is 9. The molecule has 2 aromatic rings. The molecule has 3 atom stereocenters. The number of carbonyl (C=O) groups is 1. The van der Waals surface area contributed by atoms with Crippen molar-refractivity contribution in [3.8, 4) is 17.2 Å². The first-order chi connectivity index (χ1) is 15.5. The number of aliphatic carboxylic acids is 1. The van der Waals surface area contributed by atoms with Crippen molar-refractivity contribution in [3.05, 3.63) is 53.6 Å². The summed E-state index contributed by atoms with van der Waals surface area (Å²) in [5, 5.41) is 10.3. The van der Waals surface area contributed by atoms with E-state index >= 15 is 0 Å². The fourth-order valence-electron chi connectivity index (χ4n) is 4.64. The van der Waals surface area contributed by atoms with E-state index in [1.165, 1.54) is 0 Å². The summed E-state index contributed by atoms with van der Waals surface area (Å²) < 4.78 is 22.1. The Kier molecular flexibility index (Phi) is 6.86. The van der Waals surface area contributed by atoms with Crippen molar-refractivity contribution < 1.29 is 28.8 Å². The molecule has 0 amide bonds. The van der Waals surface area contributed by atoms with Crippen molar-refractivity contribution >= 4 is 5.97 Å². The monoisotopic (exact) mass is 441 g/mol. The number of hydrogen-bond acceptors (Lipinski definition) is 6. The maximum absolute atomic E-state index is 12.6. The second-order valence-corrected chi connectivity index (χ2v) is 8.76. The topological polar surface area (TPSA) is 77.5 Å². The van der Waals surface area contributed by atoms with E-state index < -0.39 is 11.9 Å². The van der Waals surface area contributed by atoms with Crippen LogP contribution < -0.4 is 14.2 Å². The Morgan fingerprint density at radius 3 is 2.53 bits per heavy atom. The lowest BCUT2D eigenvalue weighted by Gasteiger charge is -2.27. The number of fused-ring (bicyclic) bond motifs is 1. The molecule has 2 aromatic carbocycles. The van der Waals surface area contributed by atoms with Crippen molar-refractivity contribution in [1.29, 1.82) is 0 Å². The van der Waals surface area contributed by atoms with Crippen molar-refractivity contribution in [2.45, 2.75) is 25.8 Å². The fraction of sp³-hybridized carbons (Fsp3) is 0.480. The highest BCUT2D eigenvalue weighted by Gasteiger charge is 2.47. The molecule has 0 spiro atoms. The van der Waals surface area contributed by atoms with Gasteiger partial charge in [0, 0.05) is 31.7 Å². The summed E-state index contributed by atoms with van der Waals surface area (Å²) in [5.74, 6) is 0.986. The van der Waals surface area contributed by atoms with Gasteiger partial charge in [0.05, 0.1) is 19.6 Å². The van der Waals surface area contributed by atoms with Gasteiger partial charge in [-0.05, 0) is 41.3 Å². The summed E-state index contributed by atoms with van der Waals surface area (Å²) in [6, 6.07) is 13.2. The molecule has 0 saturated carbocycles. The van der Waals surface area contributed by atoms with E-state index in [4.69, 9.17) is 18.9 Å². The molecule has 1 fully saturated rings. The lowest BCUT2D eigenvalue weighted by atomic mass is 9.82. The van der Waals surface area contributed by atoms with Gasteiger partial charge in [-0.1, -0.05) is 32.0 Å². The molecule has 2 heterocycles. The third-order valence-corrected chi connectivity index (χ3v) is 6.14. The second kappa shape index (κ2) is 9.79. The van der Waals surface area contributed by atoms with E-state index in [1.807, 2.05) is 42.5 Å². The molecule has 0 aromatic heterocycles. The first-order valence-electron chi connectivity index (χ1n) is 11.1. The zero-order valence-electron chi connectivity index (χ0n) is 18.8. The molecule has 32 heavy (non-hydrogen) atoms. The summed E-state index contributed by atoms with van der Waals surface area (Å²) in [6.07, 6.45) is 0. The van der Waals surface area contributed by atoms with Gasteiger partial charge in [-0.25, -0.2) is 0 Å². The summed E-state index contributed by atoms with van der Waals surface area (Å²) in [4.78, 5) is 14.8. The molecular weight excluding hydrogens is 410 g/mol. The van der Waals surface area contributed by atoms with Gasteiger partial charge in [0.25, 0.3) is 0 Å². The predicted molar refractivity (Wildman–Crippen MR) is 119 cm³/mol. The molecular formula is C25H31NO6. The number of likely N-dealkylation sites (tertiary alicyclic amines) is 1. The number of nitrogens with zero attached hydrogens (tertiary/aromatic N) is 1. The minimum Gasteiger partial charge on any atom is -0.497 e. The zero-order valence-corrected chi connectivity index (χ0v) is 18.8. The second-order valence-electron chi connectivity index (χ2n) is 8.76. The Hall–Kier alpha value is -2.77. The van der Waals surface area contributed by atoms with Gasteiger partial charge < -0.3 is 24.1 Å². The standard InChI is InChI=1S/C25H31NO6/c1-16(2)14-30-11-10-26-13-20(18-6-9-21-22(12-18)32-15-31-21)23(25(27)28)24(26)17-4-7-19(29-3)8-5-17/h4-9,12,16,20,23-24H,10-11,13-15H2,1-3H3,(H,27,28)/t20-,23+,24-/m1/s1. The lowest BCUT2D eigenvalue weighted by Crippen LogP contribution is -2.31. The number of ether oxygens (including phenoxy) is 4. The zero-order chi connectivity index (χ0) is 22.7. The van der Waals surface area contributed by atoms with E-state index in [9.17, 15) is 9.90 Å². The van der Waals surface area contributed by atoms with Crippen LogP contribution in [-0.2, 0) is 9.53 Å². The van der Waals surface area contributed by atoms with Crippen LogP contribution in [0.4, 0.5) is 0 Å². The van der Waals surface area contributed by atoms with Crippen LogP contribution in [0.2, 0.25) is 0 Å². The normalized spacial score (nSPS) is 22.4. The molecule has 7 heteroatoms. The maximum Gasteiger partial charge on any atom is 0.309 e. The number of carboxylic acids is 1. The van der Waals surface area contributed by atoms with Gasteiger partial charge in [-0.2, -0.15) is 0 Å². The molecule has 7 nitrogen and oxygen atoms in total. The van der Waals surface area contributed by atoms with Gasteiger partial charge >= 0.3 is 5.97 Å². The summed E-state index contributed by atoms with van der Waals surface area (Å²) >= 11 is 0.